The highest BCUT2D eigenvalue weighted by molar-refractivity contribution is 6.21. The predicted octanol–water partition coefficient (Wildman–Crippen LogP) is 1.39. The van der Waals surface area contributed by atoms with Crippen LogP contribution in [0.25, 0.3) is 0 Å². The second kappa shape index (κ2) is 5.02. The van der Waals surface area contributed by atoms with Crippen molar-refractivity contribution in [1.82, 2.24) is 0 Å². The van der Waals surface area contributed by atoms with Crippen LogP contribution >= 0.6 is 11.6 Å². The van der Waals surface area contributed by atoms with Crippen molar-refractivity contribution in [2.24, 2.45) is 0 Å². The molecule has 0 aromatic carbocycles. The highest BCUT2D eigenvalue weighted by Crippen LogP contribution is 2.23. The minimum atomic E-state index is 0.0231. The lowest BCUT2D eigenvalue weighted by molar-refractivity contribution is 0.411. The normalized spacial score (nSPS) is 39.8. The van der Waals surface area contributed by atoms with Crippen molar-refractivity contribution in [3.63, 3.8) is 0 Å². The maximum atomic E-state index is 5.31. The van der Waals surface area contributed by atoms with Gasteiger partial charge < -0.3 is 14.2 Å². The summed E-state index contributed by atoms with van der Waals surface area (Å²) in [4.78, 5) is 0. The molecule has 3 rings (SSSR count). The van der Waals surface area contributed by atoms with Gasteiger partial charge in [-0.05, 0) is 13.8 Å². The molecule has 3 nitrogen and oxygen atoms in total. The molecule has 0 spiro atoms. The lowest BCUT2D eigenvalue weighted by atomic mass is 10.6. The largest absolute Gasteiger partial charge is 0.377 e. The van der Waals surface area contributed by atoms with Crippen molar-refractivity contribution in [1.29, 1.82) is 0 Å². The molecule has 3 aliphatic heterocycles. The first kappa shape index (κ1) is 10.3. The SMILES string of the molecule is C1CO1.CC1CO1.CC1OC1Cl. The molecule has 3 fully saturated rings. The Morgan fingerprint density at radius 2 is 1.50 bits per heavy atom. The Bertz CT molecular complexity index is 117. The van der Waals surface area contributed by atoms with Gasteiger partial charge in [0.1, 0.15) is 0 Å². The molecule has 0 amide bonds. The van der Waals surface area contributed by atoms with E-state index in [1.165, 1.54) is 0 Å². The molecular formula is C8H15ClO3. The number of hydrogen-bond acceptors (Lipinski definition) is 3. The number of alkyl halides is 1. The van der Waals surface area contributed by atoms with Gasteiger partial charge in [-0.2, -0.15) is 0 Å². The standard InChI is InChI=1S/C3H5ClO.C3H6O.C2H4O/c1-2-3(4)5-2;1-3-2-4-3;1-2-3-1/h2-3H,1H3;3H,2H2,1H3;1-2H2. The first-order valence-electron chi connectivity index (χ1n) is 4.19. The molecule has 3 atom stereocenters. The third kappa shape index (κ3) is 8.27. The topological polar surface area (TPSA) is 37.6 Å². The van der Waals surface area contributed by atoms with E-state index in [-0.39, 0.29) is 5.56 Å². The van der Waals surface area contributed by atoms with Gasteiger partial charge in [0.2, 0.25) is 0 Å². The van der Waals surface area contributed by atoms with E-state index in [0.717, 1.165) is 19.8 Å². The van der Waals surface area contributed by atoms with Gasteiger partial charge in [-0.15, -0.1) is 0 Å². The van der Waals surface area contributed by atoms with Crippen LogP contribution in [0.4, 0.5) is 0 Å². The fourth-order valence-electron chi connectivity index (χ4n) is 0.256. The van der Waals surface area contributed by atoms with Crippen LogP contribution in [-0.2, 0) is 14.2 Å². The number of ether oxygens (including phenoxy) is 3. The molecule has 3 aliphatic rings. The highest BCUT2D eigenvalue weighted by Gasteiger charge is 2.30. The number of halogens is 1. The quantitative estimate of drug-likeness (QED) is 0.432. The average molecular weight is 195 g/mol. The lowest BCUT2D eigenvalue weighted by Gasteiger charge is -1.55. The molecule has 3 saturated heterocycles. The van der Waals surface area contributed by atoms with E-state index in [1.54, 1.807) is 0 Å². The van der Waals surface area contributed by atoms with Crippen molar-refractivity contribution in [3.8, 4) is 0 Å². The molecule has 0 aromatic rings. The molecule has 0 aliphatic carbocycles. The second-order valence-electron chi connectivity index (χ2n) is 2.95. The smallest absolute Gasteiger partial charge is 0.157 e. The Morgan fingerprint density at radius 1 is 1.25 bits per heavy atom. The maximum absolute atomic E-state index is 5.31. The van der Waals surface area contributed by atoms with Crippen LogP contribution in [0.2, 0.25) is 0 Å². The Labute approximate surface area is 77.9 Å². The van der Waals surface area contributed by atoms with E-state index in [9.17, 15) is 0 Å². The highest BCUT2D eigenvalue weighted by atomic mass is 35.5. The summed E-state index contributed by atoms with van der Waals surface area (Å²) in [7, 11) is 0. The van der Waals surface area contributed by atoms with E-state index >= 15 is 0 Å². The second-order valence-corrected chi connectivity index (χ2v) is 3.38. The molecule has 0 saturated carbocycles. The Kier molecular flexibility index (Phi) is 4.29. The molecule has 72 valence electrons. The summed E-state index contributed by atoms with van der Waals surface area (Å²) >= 11 is 5.31. The summed E-state index contributed by atoms with van der Waals surface area (Å²) in [5.41, 5.74) is 0.0231. The maximum Gasteiger partial charge on any atom is 0.157 e. The van der Waals surface area contributed by atoms with E-state index in [0.29, 0.717) is 12.2 Å². The Hall–Kier alpha value is 0.170. The number of epoxide rings is 3. The summed E-state index contributed by atoms with van der Waals surface area (Å²) in [6.45, 7) is 6.98. The van der Waals surface area contributed by atoms with Crippen LogP contribution in [0.5, 0.6) is 0 Å². The molecule has 3 heterocycles. The van der Waals surface area contributed by atoms with E-state index in [1.807, 2.05) is 6.92 Å². The third-order valence-electron chi connectivity index (χ3n) is 1.34. The van der Waals surface area contributed by atoms with Crippen molar-refractivity contribution in [2.75, 3.05) is 19.8 Å². The van der Waals surface area contributed by atoms with Crippen LogP contribution in [0.3, 0.4) is 0 Å². The summed E-state index contributed by atoms with van der Waals surface area (Å²) in [5.74, 6) is 0. The lowest BCUT2D eigenvalue weighted by Crippen LogP contribution is -1.69. The molecule has 4 heteroatoms. The first-order chi connectivity index (χ1) is 5.70. The third-order valence-corrected chi connectivity index (χ3v) is 1.80. The molecule has 0 radical (unpaired) electrons. The monoisotopic (exact) mass is 194 g/mol. The fourth-order valence-corrected chi connectivity index (χ4v) is 0.418. The van der Waals surface area contributed by atoms with Gasteiger partial charge in [0, 0.05) is 0 Å². The summed E-state index contributed by atoms with van der Waals surface area (Å²) < 4.78 is 13.9. The van der Waals surface area contributed by atoms with Gasteiger partial charge in [-0.3, -0.25) is 0 Å². The van der Waals surface area contributed by atoms with Gasteiger partial charge in [0.05, 0.1) is 32.0 Å². The molecule has 3 unspecified atom stereocenters. The average Bonchev–Trinajstić information content (AvgIpc) is 2.73. The van der Waals surface area contributed by atoms with Crippen LogP contribution in [0, 0.1) is 0 Å². The van der Waals surface area contributed by atoms with Crippen molar-refractivity contribution in [2.45, 2.75) is 31.6 Å². The van der Waals surface area contributed by atoms with Crippen LogP contribution in [0.1, 0.15) is 13.8 Å². The molecule has 0 N–H and O–H groups in total. The summed E-state index contributed by atoms with van der Waals surface area (Å²) in [6, 6.07) is 0. The molecule has 0 bridgehead atoms. The minimum Gasteiger partial charge on any atom is -0.377 e. The van der Waals surface area contributed by atoms with E-state index in [2.05, 4.69) is 16.4 Å². The number of rotatable bonds is 0. The van der Waals surface area contributed by atoms with Gasteiger partial charge in [0.25, 0.3) is 0 Å². The molecule has 0 aromatic heterocycles. The van der Waals surface area contributed by atoms with Crippen LogP contribution < -0.4 is 0 Å². The van der Waals surface area contributed by atoms with Crippen LogP contribution in [-0.4, -0.2) is 37.6 Å². The van der Waals surface area contributed by atoms with Gasteiger partial charge in [0.15, 0.2) is 5.56 Å². The van der Waals surface area contributed by atoms with Crippen LogP contribution in [0.15, 0.2) is 0 Å². The fraction of sp³-hybridized carbons (Fsp3) is 1.00. The molecular weight excluding hydrogens is 180 g/mol. The van der Waals surface area contributed by atoms with Crippen molar-refractivity contribution < 1.29 is 14.2 Å². The van der Waals surface area contributed by atoms with E-state index in [4.69, 9.17) is 16.3 Å². The Morgan fingerprint density at radius 3 is 1.50 bits per heavy atom. The van der Waals surface area contributed by atoms with E-state index < -0.39 is 0 Å². The zero-order valence-electron chi connectivity index (χ0n) is 7.46. The zero-order chi connectivity index (χ0) is 8.97. The molecule has 12 heavy (non-hydrogen) atoms. The summed E-state index contributed by atoms with van der Waals surface area (Å²) in [6.07, 6.45) is 0.900. The van der Waals surface area contributed by atoms with Gasteiger partial charge in [-0.25, -0.2) is 0 Å². The zero-order valence-corrected chi connectivity index (χ0v) is 8.21. The first-order valence-corrected chi connectivity index (χ1v) is 4.62. The van der Waals surface area contributed by atoms with Crippen molar-refractivity contribution in [3.05, 3.63) is 0 Å². The Balaban J connectivity index is 0.0000000929. The minimum absolute atomic E-state index is 0.0231. The summed E-state index contributed by atoms with van der Waals surface area (Å²) in [5, 5.41) is 0. The number of hydrogen-bond donors (Lipinski definition) is 0. The predicted molar refractivity (Wildman–Crippen MR) is 46.4 cm³/mol. The van der Waals surface area contributed by atoms with Gasteiger partial charge in [-0.1, -0.05) is 11.6 Å². The van der Waals surface area contributed by atoms with Crippen molar-refractivity contribution >= 4 is 11.6 Å². The van der Waals surface area contributed by atoms with Gasteiger partial charge >= 0.3 is 0 Å².